The number of rotatable bonds is 6. The van der Waals surface area contributed by atoms with Gasteiger partial charge in [-0.25, -0.2) is 0 Å². The summed E-state index contributed by atoms with van der Waals surface area (Å²) in [7, 11) is 0. The normalized spacial score (nSPS) is 10.6. The molecule has 3 aromatic rings. The fraction of sp³-hybridized carbons (Fsp3) is 0.143. The molecule has 5 nitrogen and oxygen atoms in total. The number of ether oxygens (including phenoxy) is 1. The van der Waals surface area contributed by atoms with Crippen molar-refractivity contribution in [2.75, 3.05) is 10.6 Å². The van der Waals surface area contributed by atoms with Crippen LogP contribution in [0.15, 0.2) is 60.0 Å². The molecule has 0 aliphatic heterocycles. The van der Waals surface area contributed by atoms with Gasteiger partial charge in [-0.3, -0.25) is 9.59 Å². The van der Waals surface area contributed by atoms with E-state index in [1.54, 1.807) is 48.5 Å². The largest absolute Gasteiger partial charge is 0.489 e. The van der Waals surface area contributed by atoms with Gasteiger partial charge < -0.3 is 15.4 Å². The molecule has 3 rings (SSSR count). The van der Waals surface area contributed by atoms with Crippen molar-refractivity contribution in [3.05, 3.63) is 75.4 Å². The first-order valence-electron chi connectivity index (χ1n) is 8.65. The molecule has 0 saturated heterocycles. The van der Waals surface area contributed by atoms with E-state index in [2.05, 4.69) is 10.6 Å². The number of halogens is 1. The second-order valence-electron chi connectivity index (χ2n) is 6.27. The van der Waals surface area contributed by atoms with Gasteiger partial charge in [0.25, 0.3) is 11.8 Å². The minimum Gasteiger partial charge on any atom is -0.489 e. The van der Waals surface area contributed by atoms with Gasteiger partial charge in [0.15, 0.2) is 0 Å². The van der Waals surface area contributed by atoms with Crippen LogP contribution >= 0.6 is 22.9 Å². The number of carbonyl (C=O) groups is 2. The molecule has 7 heteroatoms. The summed E-state index contributed by atoms with van der Waals surface area (Å²) in [5.41, 5.74) is 1.65. The van der Waals surface area contributed by atoms with Crippen molar-refractivity contribution in [1.29, 1.82) is 0 Å². The Hall–Kier alpha value is -2.83. The van der Waals surface area contributed by atoms with Crippen LogP contribution in [0.2, 0.25) is 5.02 Å². The summed E-state index contributed by atoms with van der Waals surface area (Å²) < 4.78 is 5.58. The maximum absolute atomic E-state index is 12.4. The highest BCUT2D eigenvalue weighted by Gasteiger charge is 2.11. The number of hydrogen-bond donors (Lipinski definition) is 2. The Labute approximate surface area is 172 Å². The lowest BCUT2D eigenvalue weighted by atomic mass is 10.2. The van der Waals surface area contributed by atoms with E-state index in [-0.39, 0.29) is 17.9 Å². The minimum absolute atomic E-state index is 0.0109. The van der Waals surface area contributed by atoms with Crippen LogP contribution in [-0.2, 0) is 0 Å². The first-order valence-corrected chi connectivity index (χ1v) is 9.90. The molecule has 1 aromatic heterocycles. The Morgan fingerprint density at radius 3 is 2.25 bits per heavy atom. The van der Waals surface area contributed by atoms with Gasteiger partial charge in [-0.05, 0) is 67.8 Å². The molecule has 144 valence electrons. The van der Waals surface area contributed by atoms with Gasteiger partial charge in [0.2, 0.25) is 0 Å². The van der Waals surface area contributed by atoms with E-state index in [1.165, 1.54) is 11.3 Å². The maximum Gasteiger partial charge on any atom is 0.265 e. The molecule has 2 amide bonds. The molecular formula is C21H19ClN2O3S. The van der Waals surface area contributed by atoms with Crippen LogP contribution in [0, 0.1) is 0 Å². The molecule has 0 spiro atoms. The third-order valence-electron chi connectivity index (χ3n) is 3.70. The zero-order valence-electron chi connectivity index (χ0n) is 15.4. The molecular weight excluding hydrogens is 396 g/mol. The lowest BCUT2D eigenvalue weighted by Crippen LogP contribution is -2.13. The lowest BCUT2D eigenvalue weighted by molar-refractivity contribution is 0.102. The van der Waals surface area contributed by atoms with Gasteiger partial charge >= 0.3 is 0 Å². The Bertz CT molecular complexity index is 970. The summed E-state index contributed by atoms with van der Waals surface area (Å²) in [6, 6.07) is 15.4. The molecule has 0 aliphatic rings. The molecule has 0 aliphatic carbocycles. The van der Waals surface area contributed by atoms with Crippen molar-refractivity contribution in [2.45, 2.75) is 20.0 Å². The molecule has 0 radical (unpaired) electrons. The summed E-state index contributed by atoms with van der Waals surface area (Å²) in [6.07, 6.45) is 0.0109. The highest BCUT2D eigenvalue weighted by molar-refractivity contribution is 7.12. The molecule has 2 aromatic carbocycles. The van der Waals surface area contributed by atoms with E-state index in [1.807, 2.05) is 25.3 Å². The molecule has 0 atom stereocenters. The van der Waals surface area contributed by atoms with Crippen molar-refractivity contribution in [3.63, 3.8) is 0 Å². The van der Waals surface area contributed by atoms with Crippen LogP contribution in [0.1, 0.15) is 33.9 Å². The summed E-state index contributed by atoms with van der Waals surface area (Å²) >= 11 is 7.57. The molecule has 0 saturated carbocycles. The number of hydrogen-bond acceptors (Lipinski definition) is 4. The highest BCUT2D eigenvalue weighted by atomic mass is 35.5. The fourth-order valence-corrected chi connectivity index (χ4v) is 3.28. The number of carbonyl (C=O) groups excluding carboxylic acids is 2. The monoisotopic (exact) mass is 414 g/mol. The van der Waals surface area contributed by atoms with Gasteiger partial charge in [-0.1, -0.05) is 17.7 Å². The lowest BCUT2D eigenvalue weighted by Gasteiger charge is -2.13. The van der Waals surface area contributed by atoms with E-state index in [0.29, 0.717) is 32.6 Å². The highest BCUT2D eigenvalue weighted by Crippen LogP contribution is 2.28. The molecule has 2 N–H and O–H groups in total. The van der Waals surface area contributed by atoms with Crippen LogP contribution in [0.3, 0.4) is 0 Å². The molecule has 0 fully saturated rings. The van der Waals surface area contributed by atoms with E-state index in [0.717, 1.165) is 0 Å². The van der Waals surface area contributed by atoms with Crippen molar-refractivity contribution >= 4 is 46.1 Å². The molecule has 0 bridgehead atoms. The number of nitrogens with one attached hydrogen (secondary N) is 2. The Morgan fingerprint density at radius 1 is 0.964 bits per heavy atom. The number of benzene rings is 2. The predicted octanol–water partition coefficient (Wildman–Crippen LogP) is 5.69. The summed E-state index contributed by atoms with van der Waals surface area (Å²) in [5, 5.41) is 7.87. The van der Waals surface area contributed by atoms with Crippen LogP contribution in [0.4, 0.5) is 11.4 Å². The minimum atomic E-state index is -0.273. The van der Waals surface area contributed by atoms with Crippen molar-refractivity contribution < 1.29 is 14.3 Å². The predicted molar refractivity (Wildman–Crippen MR) is 114 cm³/mol. The zero-order valence-corrected chi connectivity index (χ0v) is 16.9. The third-order valence-corrected chi connectivity index (χ3v) is 4.87. The topological polar surface area (TPSA) is 67.4 Å². The van der Waals surface area contributed by atoms with Crippen LogP contribution in [0.5, 0.6) is 5.75 Å². The quantitative estimate of drug-likeness (QED) is 0.544. The van der Waals surface area contributed by atoms with Crippen molar-refractivity contribution in [1.82, 2.24) is 0 Å². The van der Waals surface area contributed by atoms with Gasteiger partial charge in [0, 0.05) is 16.9 Å². The average Bonchev–Trinajstić information content (AvgIpc) is 3.19. The molecule has 28 heavy (non-hydrogen) atoms. The van der Waals surface area contributed by atoms with Gasteiger partial charge in [-0.15, -0.1) is 11.3 Å². The molecule has 0 unspecified atom stereocenters. The standard InChI is InChI=1S/C21H19ClN2O3S/c1-13(2)27-18-10-9-16(12-17(18)22)24-20(25)14-5-7-15(8-6-14)23-21(26)19-4-3-11-28-19/h3-13H,1-2H3,(H,23,26)(H,24,25). The summed E-state index contributed by atoms with van der Waals surface area (Å²) in [6.45, 7) is 3.83. The van der Waals surface area contributed by atoms with Gasteiger partial charge in [-0.2, -0.15) is 0 Å². The van der Waals surface area contributed by atoms with Crippen molar-refractivity contribution in [2.24, 2.45) is 0 Å². The Morgan fingerprint density at radius 2 is 1.64 bits per heavy atom. The number of amides is 2. The SMILES string of the molecule is CC(C)Oc1ccc(NC(=O)c2ccc(NC(=O)c3cccs3)cc2)cc1Cl. The summed E-state index contributed by atoms with van der Waals surface area (Å²) in [4.78, 5) is 25.1. The Balaban J connectivity index is 1.63. The van der Waals surface area contributed by atoms with Gasteiger partial charge in [0.05, 0.1) is 16.0 Å². The second kappa shape index (κ2) is 8.91. The number of anilines is 2. The van der Waals surface area contributed by atoms with Crippen molar-refractivity contribution in [3.8, 4) is 5.75 Å². The van der Waals surface area contributed by atoms with E-state index in [4.69, 9.17) is 16.3 Å². The maximum atomic E-state index is 12.4. The summed E-state index contributed by atoms with van der Waals surface area (Å²) in [5.74, 6) is 0.121. The van der Waals surface area contributed by atoms with Crippen LogP contribution in [-0.4, -0.2) is 17.9 Å². The average molecular weight is 415 g/mol. The van der Waals surface area contributed by atoms with E-state index in [9.17, 15) is 9.59 Å². The van der Waals surface area contributed by atoms with E-state index >= 15 is 0 Å². The zero-order chi connectivity index (χ0) is 20.1. The Kier molecular flexibility index (Phi) is 6.34. The van der Waals surface area contributed by atoms with Crippen LogP contribution in [0.25, 0.3) is 0 Å². The van der Waals surface area contributed by atoms with E-state index < -0.39 is 0 Å². The first-order chi connectivity index (χ1) is 13.4. The van der Waals surface area contributed by atoms with Gasteiger partial charge in [0.1, 0.15) is 5.75 Å². The number of thiophene rings is 1. The third kappa shape index (κ3) is 5.12. The second-order valence-corrected chi connectivity index (χ2v) is 7.63. The van der Waals surface area contributed by atoms with Crippen LogP contribution < -0.4 is 15.4 Å². The molecule has 1 heterocycles. The first kappa shape index (κ1) is 19.9. The fourth-order valence-electron chi connectivity index (χ4n) is 2.44. The smallest absolute Gasteiger partial charge is 0.265 e.